The molecule has 3 rings (SSSR count). The number of benzene rings is 2. The molecule has 0 radical (unpaired) electrons. The molecule has 9 heteroatoms. The molecule has 0 aromatic heterocycles. The van der Waals surface area contributed by atoms with Gasteiger partial charge in [0.1, 0.15) is 0 Å². The molecule has 2 amide bonds. The summed E-state index contributed by atoms with van der Waals surface area (Å²) in [7, 11) is 0. The Morgan fingerprint density at radius 1 is 1.07 bits per heavy atom. The fraction of sp³-hybridized carbons (Fsp3) is 0.333. The van der Waals surface area contributed by atoms with Crippen LogP contribution in [0.25, 0.3) is 0 Å². The molecule has 0 saturated carbocycles. The van der Waals surface area contributed by atoms with Crippen LogP contribution in [-0.2, 0) is 9.53 Å². The number of hydrogen-bond donors (Lipinski definition) is 2. The van der Waals surface area contributed by atoms with Crippen LogP contribution >= 0.6 is 0 Å². The van der Waals surface area contributed by atoms with Crippen molar-refractivity contribution in [3.8, 4) is 0 Å². The van der Waals surface area contributed by atoms with Gasteiger partial charge in [0.05, 0.1) is 29.4 Å². The van der Waals surface area contributed by atoms with Gasteiger partial charge in [0.15, 0.2) is 0 Å². The van der Waals surface area contributed by atoms with E-state index in [4.69, 9.17) is 4.74 Å². The molecule has 30 heavy (non-hydrogen) atoms. The largest absolute Gasteiger partial charge is 0.378 e. The van der Waals surface area contributed by atoms with Crippen molar-refractivity contribution in [2.75, 3.05) is 41.8 Å². The average molecular weight is 412 g/mol. The summed E-state index contributed by atoms with van der Waals surface area (Å²) in [5, 5.41) is 16.8. The van der Waals surface area contributed by atoms with Crippen LogP contribution in [0.2, 0.25) is 0 Å². The third-order valence-corrected chi connectivity index (χ3v) is 4.69. The Morgan fingerprint density at radius 3 is 2.30 bits per heavy atom. The molecule has 2 aromatic carbocycles. The van der Waals surface area contributed by atoms with Crippen molar-refractivity contribution in [3.63, 3.8) is 0 Å². The van der Waals surface area contributed by atoms with E-state index in [0.29, 0.717) is 49.8 Å². The molecule has 2 aromatic rings. The van der Waals surface area contributed by atoms with Crippen molar-refractivity contribution < 1.29 is 19.2 Å². The third-order valence-electron chi connectivity index (χ3n) is 4.69. The Hall–Kier alpha value is -3.46. The minimum Gasteiger partial charge on any atom is -0.378 e. The van der Waals surface area contributed by atoms with Crippen LogP contribution in [0.1, 0.15) is 30.1 Å². The van der Waals surface area contributed by atoms with Gasteiger partial charge < -0.3 is 20.3 Å². The minimum absolute atomic E-state index is 0.0685. The number of amides is 2. The number of nitrogens with one attached hydrogen (secondary N) is 2. The van der Waals surface area contributed by atoms with E-state index < -0.39 is 10.8 Å². The van der Waals surface area contributed by atoms with Crippen molar-refractivity contribution in [1.29, 1.82) is 0 Å². The maximum absolute atomic E-state index is 12.9. The van der Waals surface area contributed by atoms with E-state index in [-0.39, 0.29) is 17.2 Å². The molecule has 1 aliphatic heterocycles. The highest BCUT2D eigenvalue weighted by atomic mass is 16.6. The van der Waals surface area contributed by atoms with Crippen LogP contribution in [0.4, 0.5) is 22.7 Å². The second-order valence-corrected chi connectivity index (χ2v) is 6.89. The molecular formula is C21H24N4O5. The normalized spacial score (nSPS) is 13.6. The first-order valence-electron chi connectivity index (χ1n) is 9.80. The summed E-state index contributed by atoms with van der Waals surface area (Å²) in [5.74, 6) is -0.510. The number of nitro groups is 1. The van der Waals surface area contributed by atoms with E-state index in [0.717, 1.165) is 6.42 Å². The highest BCUT2D eigenvalue weighted by Gasteiger charge is 2.22. The number of ether oxygens (including phenoxy) is 1. The van der Waals surface area contributed by atoms with E-state index in [9.17, 15) is 19.7 Å². The van der Waals surface area contributed by atoms with Gasteiger partial charge in [0.2, 0.25) is 5.91 Å². The second kappa shape index (κ2) is 9.84. The number of nitro benzene ring substituents is 1. The molecule has 0 unspecified atom stereocenters. The monoisotopic (exact) mass is 412 g/mol. The van der Waals surface area contributed by atoms with E-state index >= 15 is 0 Å². The molecule has 2 N–H and O–H groups in total. The first kappa shape index (κ1) is 21.3. The fourth-order valence-electron chi connectivity index (χ4n) is 3.19. The van der Waals surface area contributed by atoms with Gasteiger partial charge in [-0.25, -0.2) is 0 Å². The maximum Gasteiger partial charge on any atom is 0.270 e. The van der Waals surface area contributed by atoms with Crippen molar-refractivity contribution in [2.24, 2.45) is 0 Å². The summed E-state index contributed by atoms with van der Waals surface area (Å²) in [6, 6.07) is 11.0. The van der Waals surface area contributed by atoms with E-state index in [1.165, 1.54) is 12.1 Å². The number of hydrogen-bond acceptors (Lipinski definition) is 6. The number of non-ortho nitro benzene ring substituents is 1. The van der Waals surface area contributed by atoms with Gasteiger partial charge in [0, 0.05) is 43.0 Å². The third kappa shape index (κ3) is 5.32. The van der Waals surface area contributed by atoms with Gasteiger partial charge in [-0.1, -0.05) is 6.92 Å². The highest BCUT2D eigenvalue weighted by Crippen LogP contribution is 2.27. The predicted molar refractivity (Wildman–Crippen MR) is 114 cm³/mol. The summed E-state index contributed by atoms with van der Waals surface area (Å²) in [6.45, 7) is 4.19. The molecule has 1 heterocycles. The lowest BCUT2D eigenvalue weighted by atomic mass is 10.1. The van der Waals surface area contributed by atoms with E-state index in [1.54, 1.807) is 30.3 Å². The molecular weight excluding hydrogens is 388 g/mol. The molecule has 0 aliphatic carbocycles. The van der Waals surface area contributed by atoms with E-state index in [1.807, 2.05) is 11.8 Å². The number of morpholine rings is 1. The zero-order chi connectivity index (χ0) is 21.5. The predicted octanol–water partition coefficient (Wildman–Crippen LogP) is 3.42. The molecule has 9 nitrogen and oxygen atoms in total. The lowest BCUT2D eigenvalue weighted by Crippen LogP contribution is -2.37. The minimum atomic E-state index is -0.520. The number of rotatable bonds is 7. The van der Waals surface area contributed by atoms with E-state index in [2.05, 4.69) is 10.6 Å². The molecule has 1 fully saturated rings. The number of carbonyl (C=O) groups excluding carboxylic acids is 2. The van der Waals surface area contributed by atoms with Gasteiger partial charge >= 0.3 is 0 Å². The Balaban J connectivity index is 1.78. The van der Waals surface area contributed by atoms with Crippen LogP contribution < -0.4 is 15.5 Å². The zero-order valence-electron chi connectivity index (χ0n) is 16.7. The average Bonchev–Trinajstić information content (AvgIpc) is 2.75. The maximum atomic E-state index is 12.9. The first-order valence-corrected chi connectivity index (χ1v) is 9.80. The fourth-order valence-corrected chi connectivity index (χ4v) is 3.19. The molecule has 0 atom stereocenters. The molecule has 158 valence electrons. The van der Waals surface area contributed by atoms with Crippen LogP contribution in [0.5, 0.6) is 0 Å². The van der Waals surface area contributed by atoms with Crippen molar-refractivity contribution in [3.05, 3.63) is 58.1 Å². The number of nitrogens with zero attached hydrogens (tertiary/aromatic N) is 2. The summed E-state index contributed by atoms with van der Waals surface area (Å²) < 4.78 is 5.35. The van der Waals surface area contributed by atoms with Crippen molar-refractivity contribution in [1.82, 2.24) is 0 Å². The smallest absolute Gasteiger partial charge is 0.270 e. The van der Waals surface area contributed by atoms with Gasteiger partial charge in [-0.3, -0.25) is 19.7 Å². The van der Waals surface area contributed by atoms with Crippen LogP contribution in [0.3, 0.4) is 0 Å². The zero-order valence-corrected chi connectivity index (χ0v) is 16.7. The van der Waals surface area contributed by atoms with Gasteiger partial charge in [0.25, 0.3) is 11.6 Å². The number of carbonyl (C=O) groups is 2. The lowest BCUT2D eigenvalue weighted by Gasteiger charge is -2.30. The quantitative estimate of drug-likeness (QED) is 0.532. The Kier molecular flexibility index (Phi) is 6.97. The molecule has 1 saturated heterocycles. The van der Waals surface area contributed by atoms with Crippen LogP contribution in [0, 0.1) is 10.1 Å². The van der Waals surface area contributed by atoms with Crippen molar-refractivity contribution >= 4 is 34.6 Å². The summed E-state index contributed by atoms with van der Waals surface area (Å²) in [6.07, 6.45) is 1.20. The Bertz CT molecular complexity index is 923. The van der Waals surface area contributed by atoms with Crippen LogP contribution in [-0.4, -0.2) is 43.0 Å². The van der Waals surface area contributed by atoms with Gasteiger partial charge in [-0.15, -0.1) is 0 Å². The molecule has 0 bridgehead atoms. The van der Waals surface area contributed by atoms with Gasteiger partial charge in [-0.05, 0) is 36.8 Å². The SMILES string of the molecule is CCCC(=O)Nc1ccc(NC(=O)c2cc([N+](=O)[O-])ccc2N2CCOCC2)cc1. The Morgan fingerprint density at radius 2 is 1.70 bits per heavy atom. The summed E-state index contributed by atoms with van der Waals surface area (Å²) in [5.41, 5.74) is 1.87. The molecule has 0 spiro atoms. The van der Waals surface area contributed by atoms with Gasteiger partial charge in [-0.2, -0.15) is 0 Å². The number of anilines is 3. The lowest BCUT2D eigenvalue weighted by molar-refractivity contribution is -0.384. The molecule has 1 aliphatic rings. The van der Waals surface area contributed by atoms with Crippen LogP contribution in [0.15, 0.2) is 42.5 Å². The standard InChI is InChI=1S/C21H24N4O5/c1-2-3-20(26)22-15-4-6-16(7-5-15)23-21(27)18-14-17(25(28)29)8-9-19(18)24-10-12-30-13-11-24/h4-9,14H,2-3,10-13H2,1H3,(H,22,26)(H,23,27). The van der Waals surface area contributed by atoms with Crippen molar-refractivity contribution in [2.45, 2.75) is 19.8 Å². The highest BCUT2D eigenvalue weighted by molar-refractivity contribution is 6.08. The first-order chi connectivity index (χ1) is 14.5. The summed E-state index contributed by atoms with van der Waals surface area (Å²) in [4.78, 5) is 37.3. The summed E-state index contributed by atoms with van der Waals surface area (Å²) >= 11 is 0. The second-order valence-electron chi connectivity index (χ2n) is 6.89. The Labute approximate surface area is 174 Å². The topological polar surface area (TPSA) is 114 Å².